The van der Waals surface area contributed by atoms with Gasteiger partial charge in [0.2, 0.25) is 0 Å². The lowest BCUT2D eigenvalue weighted by atomic mass is 10.3. The molecule has 0 fully saturated rings. The molecule has 0 N–H and O–H groups in total. The van der Waals surface area contributed by atoms with Crippen LogP contribution in [0.1, 0.15) is 6.92 Å². The van der Waals surface area contributed by atoms with Crippen LogP contribution in [0, 0.1) is 10.1 Å². The second kappa shape index (κ2) is 6.66. The van der Waals surface area contributed by atoms with E-state index in [-0.39, 0.29) is 17.2 Å². The molecule has 0 unspecified atom stereocenters. The SMILES string of the molecule is CCN(c1ccccc1)S(=O)(=O)c1ccc(OC)cc1[N+](=O)[O-]. The predicted molar refractivity (Wildman–Crippen MR) is 86.3 cm³/mol. The highest BCUT2D eigenvalue weighted by atomic mass is 32.2. The first-order valence-electron chi connectivity index (χ1n) is 6.82. The lowest BCUT2D eigenvalue weighted by Gasteiger charge is -2.22. The zero-order valence-corrected chi connectivity index (χ0v) is 13.5. The minimum absolute atomic E-state index is 0.148. The molecule has 0 aliphatic carbocycles. The standard InChI is InChI=1S/C15H16N2O5S/c1-3-16(12-7-5-4-6-8-12)23(20,21)15-10-9-13(22-2)11-14(15)17(18)19/h4-11H,3H2,1-2H3. The van der Waals surface area contributed by atoms with E-state index in [0.717, 1.165) is 10.4 Å². The van der Waals surface area contributed by atoms with Crippen molar-refractivity contribution >= 4 is 21.4 Å². The molecule has 0 spiro atoms. The Morgan fingerprint density at radius 3 is 2.35 bits per heavy atom. The number of nitrogens with zero attached hydrogens (tertiary/aromatic N) is 2. The summed E-state index contributed by atoms with van der Waals surface area (Å²) < 4.78 is 31.8. The summed E-state index contributed by atoms with van der Waals surface area (Å²) in [6.45, 7) is 1.81. The lowest BCUT2D eigenvalue weighted by Crippen LogP contribution is -2.31. The maximum atomic E-state index is 12.9. The summed E-state index contributed by atoms with van der Waals surface area (Å²) in [5.74, 6) is 0.221. The van der Waals surface area contributed by atoms with E-state index in [2.05, 4.69) is 0 Å². The Hall–Kier alpha value is -2.61. The van der Waals surface area contributed by atoms with Crippen molar-refractivity contribution in [2.45, 2.75) is 11.8 Å². The van der Waals surface area contributed by atoms with Gasteiger partial charge in [-0.3, -0.25) is 14.4 Å². The maximum absolute atomic E-state index is 12.9. The van der Waals surface area contributed by atoms with Crippen molar-refractivity contribution in [3.63, 3.8) is 0 Å². The summed E-state index contributed by atoms with van der Waals surface area (Å²) >= 11 is 0. The van der Waals surface area contributed by atoms with Crippen molar-refractivity contribution in [3.8, 4) is 5.75 Å². The van der Waals surface area contributed by atoms with Gasteiger partial charge in [0.25, 0.3) is 15.7 Å². The smallest absolute Gasteiger partial charge is 0.293 e. The largest absolute Gasteiger partial charge is 0.497 e. The molecule has 0 amide bonds. The number of ether oxygens (including phenoxy) is 1. The number of rotatable bonds is 6. The Morgan fingerprint density at radius 1 is 1.17 bits per heavy atom. The molecule has 23 heavy (non-hydrogen) atoms. The van der Waals surface area contributed by atoms with E-state index in [1.165, 1.54) is 19.2 Å². The summed E-state index contributed by atoms with van der Waals surface area (Å²) in [6.07, 6.45) is 0. The fourth-order valence-corrected chi connectivity index (χ4v) is 3.80. The Kier molecular flexibility index (Phi) is 4.85. The third kappa shape index (κ3) is 3.26. The highest BCUT2D eigenvalue weighted by Crippen LogP contribution is 2.32. The molecule has 0 bridgehead atoms. The number of nitro benzene ring substituents is 1. The van der Waals surface area contributed by atoms with E-state index >= 15 is 0 Å². The predicted octanol–water partition coefficient (Wildman–Crippen LogP) is 2.82. The molecule has 2 aromatic carbocycles. The van der Waals surface area contributed by atoms with Gasteiger partial charge in [-0.25, -0.2) is 8.42 Å². The van der Waals surface area contributed by atoms with Gasteiger partial charge in [0.05, 0.1) is 23.8 Å². The molecule has 0 saturated heterocycles. The lowest BCUT2D eigenvalue weighted by molar-refractivity contribution is -0.387. The average Bonchev–Trinajstić information content (AvgIpc) is 2.55. The van der Waals surface area contributed by atoms with Gasteiger partial charge in [0.1, 0.15) is 5.75 Å². The summed E-state index contributed by atoms with van der Waals surface area (Å²) in [5.41, 5.74) is -0.0705. The Bertz CT molecular complexity index is 806. The fourth-order valence-electron chi connectivity index (χ4n) is 2.19. The molecular formula is C15H16N2O5S. The normalized spacial score (nSPS) is 11.0. The molecule has 0 atom stereocenters. The van der Waals surface area contributed by atoms with Crippen LogP contribution in [0.15, 0.2) is 53.4 Å². The van der Waals surface area contributed by atoms with E-state index in [0.29, 0.717) is 5.69 Å². The molecule has 8 heteroatoms. The van der Waals surface area contributed by atoms with Gasteiger partial charge < -0.3 is 4.74 Å². The average molecular weight is 336 g/mol. The van der Waals surface area contributed by atoms with Crippen molar-refractivity contribution in [2.75, 3.05) is 18.0 Å². The van der Waals surface area contributed by atoms with Crippen molar-refractivity contribution in [1.29, 1.82) is 0 Å². The maximum Gasteiger partial charge on any atom is 0.293 e. The van der Waals surface area contributed by atoms with Crippen LogP contribution < -0.4 is 9.04 Å². The summed E-state index contributed by atoms with van der Waals surface area (Å²) in [7, 11) is -2.71. The molecule has 0 radical (unpaired) electrons. The minimum Gasteiger partial charge on any atom is -0.497 e. The van der Waals surface area contributed by atoms with Crippen LogP contribution in [0.3, 0.4) is 0 Å². The molecule has 7 nitrogen and oxygen atoms in total. The first-order chi connectivity index (χ1) is 10.9. The van der Waals surface area contributed by atoms with E-state index < -0.39 is 20.6 Å². The van der Waals surface area contributed by atoms with Crippen LogP contribution in [0.25, 0.3) is 0 Å². The van der Waals surface area contributed by atoms with Gasteiger partial charge in [0.15, 0.2) is 4.90 Å². The number of anilines is 1. The summed E-state index contributed by atoms with van der Waals surface area (Å²) in [4.78, 5) is 10.2. The van der Waals surface area contributed by atoms with Crippen LogP contribution in [-0.2, 0) is 10.0 Å². The zero-order chi connectivity index (χ0) is 17.0. The van der Waals surface area contributed by atoms with Gasteiger partial charge in [-0.2, -0.15) is 0 Å². The fraction of sp³-hybridized carbons (Fsp3) is 0.200. The molecule has 0 aliphatic rings. The first kappa shape index (κ1) is 16.8. The van der Waals surface area contributed by atoms with E-state index in [4.69, 9.17) is 4.74 Å². The second-order valence-corrected chi connectivity index (χ2v) is 6.43. The molecule has 0 saturated carbocycles. The van der Waals surface area contributed by atoms with Crippen LogP contribution in [0.2, 0.25) is 0 Å². The van der Waals surface area contributed by atoms with Gasteiger partial charge in [0, 0.05) is 6.54 Å². The third-order valence-electron chi connectivity index (χ3n) is 3.26. The monoisotopic (exact) mass is 336 g/mol. The molecular weight excluding hydrogens is 320 g/mol. The van der Waals surface area contributed by atoms with Crippen molar-refractivity contribution in [1.82, 2.24) is 0 Å². The van der Waals surface area contributed by atoms with Gasteiger partial charge >= 0.3 is 0 Å². The Morgan fingerprint density at radius 2 is 1.83 bits per heavy atom. The van der Waals surface area contributed by atoms with Crippen molar-refractivity contribution in [2.24, 2.45) is 0 Å². The topological polar surface area (TPSA) is 89.8 Å². The number of hydrogen-bond acceptors (Lipinski definition) is 5. The van der Waals surface area contributed by atoms with Gasteiger partial charge in [-0.05, 0) is 31.2 Å². The summed E-state index contributed by atoms with van der Waals surface area (Å²) in [5, 5.41) is 11.3. The molecule has 0 heterocycles. The number of nitro groups is 1. The minimum atomic E-state index is -4.07. The number of hydrogen-bond donors (Lipinski definition) is 0. The molecule has 0 aliphatic heterocycles. The number of sulfonamides is 1. The highest BCUT2D eigenvalue weighted by Gasteiger charge is 2.31. The third-order valence-corrected chi connectivity index (χ3v) is 5.21. The first-order valence-corrected chi connectivity index (χ1v) is 8.26. The molecule has 2 rings (SSSR count). The quantitative estimate of drug-likeness (QED) is 0.597. The Labute approximate surface area is 134 Å². The van der Waals surface area contributed by atoms with Crippen LogP contribution in [0.4, 0.5) is 11.4 Å². The number of para-hydroxylation sites is 1. The Balaban J connectivity index is 2.61. The highest BCUT2D eigenvalue weighted by molar-refractivity contribution is 7.93. The van der Waals surface area contributed by atoms with Crippen LogP contribution in [-0.4, -0.2) is 27.0 Å². The molecule has 122 valence electrons. The van der Waals surface area contributed by atoms with Gasteiger partial charge in [-0.1, -0.05) is 18.2 Å². The zero-order valence-electron chi connectivity index (χ0n) is 12.7. The van der Waals surface area contributed by atoms with E-state index in [1.54, 1.807) is 37.3 Å². The molecule has 2 aromatic rings. The van der Waals surface area contributed by atoms with Crippen molar-refractivity contribution in [3.05, 3.63) is 58.6 Å². The number of methoxy groups -OCH3 is 1. The van der Waals surface area contributed by atoms with Crippen molar-refractivity contribution < 1.29 is 18.1 Å². The van der Waals surface area contributed by atoms with E-state index in [9.17, 15) is 18.5 Å². The van der Waals surface area contributed by atoms with Crippen LogP contribution >= 0.6 is 0 Å². The molecule has 0 aromatic heterocycles. The second-order valence-electron chi connectivity index (χ2n) is 4.60. The summed E-state index contributed by atoms with van der Waals surface area (Å²) in [6, 6.07) is 12.1. The van der Waals surface area contributed by atoms with E-state index in [1.807, 2.05) is 0 Å². The number of benzene rings is 2. The van der Waals surface area contributed by atoms with Gasteiger partial charge in [-0.15, -0.1) is 0 Å². The van der Waals surface area contributed by atoms with Crippen LogP contribution in [0.5, 0.6) is 5.75 Å².